The van der Waals surface area contributed by atoms with Gasteiger partial charge in [-0.1, -0.05) is 29.8 Å². The summed E-state index contributed by atoms with van der Waals surface area (Å²) < 4.78 is 28.8. The second kappa shape index (κ2) is 11.4. The zero-order chi connectivity index (χ0) is 26.5. The lowest BCUT2D eigenvalue weighted by Gasteiger charge is -2.19. The monoisotopic (exact) mass is 540 g/mol. The Hall–Kier alpha value is -3.95. The van der Waals surface area contributed by atoms with Gasteiger partial charge >= 0.3 is 5.97 Å². The topological polar surface area (TPSA) is 68.3 Å². The summed E-state index contributed by atoms with van der Waals surface area (Å²) in [5.74, 6) is -0.244. The van der Waals surface area contributed by atoms with Crippen LogP contribution >= 0.6 is 23.8 Å². The average Bonchev–Trinajstić information content (AvgIpc) is 3.13. The van der Waals surface area contributed by atoms with Crippen molar-refractivity contribution in [1.29, 1.82) is 0 Å². The summed E-state index contributed by atoms with van der Waals surface area (Å²) >= 11 is 12.0. The Kier molecular flexibility index (Phi) is 8.05. The smallest absolute Gasteiger partial charge is 0.325 e. The molecule has 0 radical (unpaired) electrons. The third-order valence-corrected chi connectivity index (χ3v) is 6.25. The molecule has 0 spiro atoms. The zero-order valence-electron chi connectivity index (χ0n) is 19.9. The van der Waals surface area contributed by atoms with Crippen molar-refractivity contribution >= 4 is 52.6 Å². The van der Waals surface area contributed by atoms with Crippen LogP contribution in [0.15, 0.2) is 72.4 Å². The van der Waals surface area contributed by atoms with Crippen LogP contribution in [0.4, 0.5) is 10.1 Å². The van der Waals surface area contributed by atoms with Gasteiger partial charge in [0.1, 0.15) is 36.2 Å². The van der Waals surface area contributed by atoms with Crippen LogP contribution in [0, 0.1) is 5.82 Å². The first-order valence-electron chi connectivity index (χ1n) is 11.1. The second-order valence-corrected chi connectivity index (χ2v) is 8.69. The van der Waals surface area contributed by atoms with E-state index in [0.717, 1.165) is 5.56 Å². The SMILES string of the molecule is COC(=O)CN1C(=S)N(c2ccc(OC)cc2)C(=O)C1=Cc1ccc(OCc2ccc(F)cc2)c(Cl)c1. The van der Waals surface area contributed by atoms with E-state index >= 15 is 0 Å². The molecule has 4 rings (SSSR count). The molecule has 0 saturated carbocycles. The Morgan fingerprint density at radius 2 is 1.76 bits per heavy atom. The summed E-state index contributed by atoms with van der Waals surface area (Å²) in [7, 11) is 2.81. The Morgan fingerprint density at radius 1 is 1.05 bits per heavy atom. The molecule has 0 aliphatic carbocycles. The number of anilines is 1. The molecule has 0 unspecified atom stereocenters. The highest BCUT2D eigenvalue weighted by atomic mass is 35.5. The minimum absolute atomic E-state index is 0.136. The van der Waals surface area contributed by atoms with Crippen LogP contribution in [0.2, 0.25) is 5.02 Å². The number of methoxy groups -OCH3 is 2. The molecule has 0 atom stereocenters. The largest absolute Gasteiger partial charge is 0.497 e. The number of benzene rings is 3. The van der Waals surface area contributed by atoms with Gasteiger partial charge in [0, 0.05) is 0 Å². The summed E-state index contributed by atoms with van der Waals surface area (Å²) in [5.41, 5.74) is 2.08. The van der Waals surface area contributed by atoms with E-state index < -0.39 is 11.9 Å². The second-order valence-electron chi connectivity index (χ2n) is 7.92. The number of carbonyl (C=O) groups excluding carboxylic acids is 2. The molecule has 0 N–H and O–H groups in total. The normalized spacial score (nSPS) is 14.3. The summed E-state index contributed by atoms with van der Waals surface area (Å²) in [4.78, 5) is 28.3. The number of halogens is 2. The first-order valence-corrected chi connectivity index (χ1v) is 11.8. The van der Waals surface area contributed by atoms with Crippen LogP contribution in [0.25, 0.3) is 6.08 Å². The lowest BCUT2D eigenvalue weighted by molar-refractivity contribution is -0.140. The van der Waals surface area contributed by atoms with Gasteiger partial charge in [0.15, 0.2) is 5.11 Å². The number of rotatable bonds is 8. The quantitative estimate of drug-likeness (QED) is 0.220. The van der Waals surface area contributed by atoms with Crippen LogP contribution in [0.3, 0.4) is 0 Å². The molecule has 1 aliphatic heterocycles. The van der Waals surface area contributed by atoms with Gasteiger partial charge in [-0.25, -0.2) is 4.39 Å². The number of carbonyl (C=O) groups is 2. The highest BCUT2D eigenvalue weighted by Gasteiger charge is 2.40. The van der Waals surface area contributed by atoms with Gasteiger partial charge in [-0.3, -0.25) is 14.5 Å². The number of ether oxygens (including phenoxy) is 3. The van der Waals surface area contributed by atoms with Gasteiger partial charge in [-0.2, -0.15) is 0 Å². The molecule has 0 bridgehead atoms. The van der Waals surface area contributed by atoms with Crippen molar-refractivity contribution in [2.24, 2.45) is 0 Å². The Labute approximate surface area is 223 Å². The predicted octanol–water partition coefficient (Wildman–Crippen LogP) is 5.21. The summed E-state index contributed by atoms with van der Waals surface area (Å²) in [6, 6.07) is 17.8. The minimum Gasteiger partial charge on any atom is -0.497 e. The molecular formula is C27H22ClFN2O5S. The highest BCUT2D eigenvalue weighted by molar-refractivity contribution is 7.80. The lowest BCUT2D eigenvalue weighted by Crippen LogP contribution is -2.35. The van der Waals surface area contributed by atoms with Crippen molar-refractivity contribution in [3.63, 3.8) is 0 Å². The van der Waals surface area contributed by atoms with Crippen molar-refractivity contribution in [1.82, 2.24) is 4.90 Å². The maximum atomic E-state index is 13.5. The van der Waals surface area contributed by atoms with Gasteiger partial charge in [0.2, 0.25) is 0 Å². The number of hydrogen-bond donors (Lipinski definition) is 0. The number of hydrogen-bond acceptors (Lipinski definition) is 6. The molecule has 1 amide bonds. The van der Waals surface area contributed by atoms with Crippen LogP contribution in [0.1, 0.15) is 11.1 Å². The molecule has 1 aliphatic rings. The van der Waals surface area contributed by atoms with E-state index in [4.69, 9.17) is 38.0 Å². The van der Waals surface area contributed by atoms with E-state index in [1.807, 2.05) is 0 Å². The van der Waals surface area contributed by atoms with E-state index in [2.05, 4.69) is 0 Å². The summed E-state index contributed by atoms with van der Waals surface area (Å²) in [6.45, 7) is -0.0386. The van der Waals surface area contributed by atoms with Gasteiger partial charge in [-0.05, 0) is 78.0 Å². The van der Waals surface area contributed by atoms with Crippen molar-refractivity contribution in [3.05, 3.63) is 94.4 Å². The maximum absolute atomic E-state index is 13.5. The lowest BCUT2D eigenvalue weighted by atomic mass is 10.1. The molecule has 1 fully saturated rings. The van der Waals surface area contributed by atoms with E-state index in [1.165, 1.54) is 29.0 Å². The molecule has 10 heteroatoms. The summed E-state index contributed by atoms with van der Waals surface area (Å²) in [6.07, 6.45) is 1.59. The first kappa shape index (κ1) is 26.1. The predicted molar refractivity (Wildman–Crippen MR) is 142 cm³/mol. The van der Waals surface area contributed by atoms with Crippen molar-refractivity contribution in [2.75, 3.05) is 25.7 Å². The zero-order valence-corrected chi connectivity index (χ0v) is 21.5. The summed E-state index contributed by atoms with van der Waals surface area (Å²) in [5, 5.41) is 0.452. The maximum Gasteiger partial charge on any atom is 0.325 e. The minimum atomic E-state index is -0.555. The highest BCUT2D eigenvalue weighted by Crippen LogP contribution is 2.32. The van der Waals surface area contributed by atoms with E-state index in [0.29, 0.717) is 27.8 Å². The number of nitrogens with zero attached hydrogens (tertiary/aromatic N) is 2. The molecule has 190 valence electrons. The fourth-order valence-corrected chi connectivity index (χ4v) is 4.20. The van der Waals surface area contributed by atoms with E-state index in [-0.39, 0.29) is 29.8 Å². The van der Waals surface area contributed by atoms with Crippen LogP contribution in [-0.4, -0.2) is 42.7 Å². The van der Waals surface area contributed by atoms with Gasteiger partial charge in [-0.15, -0.1) is 0 Å². The number of amides is 1. The molecule has 37 heavy (non-hydrogen) atoms. The molecular weight excluding hydrogens is 519 g/mol. The average molecular weight is 541 g/mol. The third kappa shape index (κ3) is 5.90. The van der Waals surface area contributed by atoms with Crippen molar-refractivity contribution < 1.29 is 28.2 Å². The molecule has 3 aromatic carbocycles. The molecule has 1 saturated heterocycles. The number of thiocarbonyl (C=S) groups is 1. The van der Waals surface area contributed by atoms with Gasteiger partial charge < -0.3 is 19.1 Å². The Balaban J connectivity index is 1.60. The van der Waals surface area contributed by atoms with Crippen molar-refractivity contribution in [3.8, 4) is 11.5 Å². The third-order valence-electron chi connectivity index (χ3n) is 5.55. The van der Waals surface area contributed by atoms with Crippen LogP contribution < -0.4 is 14.4 Å². The Morgan fingerprint density at radius 3 is 2.38 bits per heavy atom. The van der Waals surface area contributed by atoms with Crippen molar-refractivity contribution in [2.45, 2.75) is 6.61 Å². The van der Waals surface area contributed by atoms with Crippen LogP contribution in [0.5, 0.6) is 11.5 Å². The fraction of sp³-hybridized carbons (Fsp3) is 0.148. The molecule has 0 aromatic heterocycles. The Bertz CT molecular complexity index is 1360. The van der Waals surface area contributed by atoms with E-state index in [1.54, 1.807) is 67.8 Å². The van der Waals surface area contributed by atoms with Crippen LogP contribution in [-0.2, 0) is 20.9 Å². The van der Waals surface area contributed by atoms with Gasteiger partial charge in [0.05, 0.1) is 24.9 Å². The molecule has 1 heterocycles. The number of esters is 1. The standard InChI is InChI=1S/C27H22ClFN2O5S/c1-34-21-10-8-20(9-11-21)31-26(33)23(30(27(31)37)15-25(32)35-2)14-18-5-12-24(22(28)13-18)36-16-17-3-6-19(29)7-4-17/h3-14H,15-16H2,1-2H3. The fourth-order valence-electron chi connectivity index (χ4n) is 3.61. The van der Waals surface area contributed by atoms with E-state index in [9.17, 15) is 14.0 Å². The molecule has 7 nitrogen and oxygen atoms in total. The first-order chi connectivity index (χ1) is 17.8. The van der Waals surface area contributed by atoms with Gasteiger partial charge in [0.25, 0.3) is 5.91 Å². The molecule has 3 aromatic rings.